The highest BCUT2D eigenvalue weighted by atomic mass is 32.2. The van der Waals surface area contributed by atoms with Crippen LogP contribution in [0.4, 0.5) is 0 Å². The van der Waals surface area contributed by atoms with Crippen LogP contribution < -0.4 is 0 Å². The van der Waals surface area contributed by atoms with Gasteiger partial charge in [0.05, 0.1) is 0 Å². The van der Waals surface area contributed by atoms with Gasteiger partial charge in [0.2, 0.25) is 0 Å². The minimum Gasteiger partial charge on any atom is -0.336 e. The van der Waals surface area contributed by atoms with Crippen molar-refractivity contribution in [2.75, 3.05) is 37.7 Å². The molecule has 2 aliphatic heterocycles. The topological polar surface area (TPSA) is 67.2 Å². The van der Waals surface area contributed by atoms with Crippen LogP contribution in [-0.2, 0) is 0 Å². The number of hydrogen-bond acceptors (Lipinski definition) is 6. The Hall–Kier alpha value is -1.93. The van der Waals surface area contributed by atoms with E-state index >= 15 is 0 Å². The molecular formula is C17H22N6OS. The Balaban J connectivity index is 1.45. The van der Waals surface area contributed by atoms with E-state index in [1.165, 1.54) is 17.9 Å². The fourth-order valence-corrected chi connectivity index (χ4v) is 4.74. The monoisotopic (exact) mass is 358 g/mol. The van der Waals surface area contributed by atoms with E-state index in [9.17, 15) is 4.79 Å². The SMILES string of the molecule is O=C(c1cccc(-n2cnnc2)n1)N1CCCN(C2CCSC2)CC1. The number of hydrogen-bond donors (Lipinski definition) is 0. The molecule has 0 bridgehead atoms. The quantitative estimate of drug-likeness (QED) is 0.824. The van der Waals surface area contributed by atoms with Crippen LogP contribution in [0.15, 0.2) is 30.9 Å². The smallest absolute Gasteiger partial charge is 0.272 e. The third-order valence-electron chi connectivity index (χ3n) is 4.88. The number of nitrogens with zero attached hydrogens (tertiary/aromatic N) is 6. The van der Waals surface area contributed by atoms with Crippen molar-refractivity contribution in [1.29, 1.82) is 0 Å². The fourth-order valence-electron chi connectivity index (χ4n) is 3.48. The summed E-state index contributed by atoms with van der Waals surface area (Å²) in [7, 11) is 0. The van der Waals surface area contributed by atoms with Crippen LogP contribution in [0.3, 0.4) is 0 Å². The average Bonchev–Trinajstić information content (AvgIpc) is 3.32. The predicted octanol–water partition coefficient (Wildman–Crippen LogP) is 1.32. The lowest BCUT2D eigenvalue weighted by molar-refractivity contribution is 0.0753. The second kappa shape index (κ2) is 7.53. The molecule has 2 aliphatic rings. The third-order valence-corrected chi connectivity index (χ3v) is 6.02. The number of carbonyl (C=O) groups is 1. The Labute approximate surface area is 151 Å². The molecule has 1 amide bonds. The lowest BCUT2D eigenvalue weighted by atomic mass is 10.2. The van der Waals surface area contributed by atoms with Gasteiger partial charge >= 0.3 is 0 Å². The lowest BCUT2D eigenvalue weighted by Gasteiger charge is -2.26. The molecule has 25 heavy (non-hydrogen) atoms. The Morgan fingerprint density at radius 3 is 2.80 bits per heavy atom. The number of aromatic nitrogens is 4. The summed E-state index contributed by atoms with van der Waals surface area (Å²) in [6.07, 6.45) is 5.47. The van der Waals surface area contributed by atoms with Crippen molar-refractivity contribution >= 4 is 17.7 Å². The van der Waals surface area contributed by atoms with Crippen molar-refractivity contribution < 1.29 is 4.79 Å². The zero-order chi connectivity index (χ0) is 17.1. The van der Waals surface area contributed by atoms with E-state index in [0.29, 0.717) is 17.6 Å². The molecule has 4 heterocycles. The first-order valence-corrected chi connectivity index (χ1v) is 9.90. The van der Waals surface area contributed by atoms with Crippen LogP contribution in [0.5, 0.6) is 0 Å². The van der Waals surface area contributed by atoms with Gasteiger partial charge in [0.1, 0.15) is 24.2 Å². The molecule has 8 heteroatoms. The summed E-state index contributed by atoms with van der Waals surface area (Å²) < 4.78 is 1.71. The van der Waals surface area contributed by atoms with Crippen LogP contribution in [-0.4, -0.2) is 79.2 Å². The summed E-state index contributed by atoms with van der Waals surface area (Å²) in [5.74, 6) is 3.17. The maximum atomic E-state index is 12.9. The van der Waals surface area contributed by atoms with E-state index < -0.39 is 0 Å². The van der Waals surface area contributed by atoms with Crippen molar-refractivity contribution in [3.63, 3.8) is 0 Å². The molecule has 1 unspecified atom stereocenters. The predicted molar refractivity (Wildman–Crippen MR) is 97.0 cm³/mol. The average molecular weight is 358 g/mol. The van der Waals surface area contributed by atoms with E-state index in [0.717, 1.165) is 32.6 Å². The van der Waals surface area contributed by atoms with Crippen molar-refractivity contribution in [3.05, 3.63) is 36.5 Å². The van der Waals surface area contributed by atoms with Gasteiger partial charge in [-0.3, -0.25) is 14.3 Å². The Morgan fingerprint density at radius 1 is 1.12 bits per heavy atom. The molecule has 2 saturated heterocycles. The first-order chi connectivity index (χ1) is 12.3. The summed E-state index contributed by atoms with van der Waals surface area (Å²) in [6, 6.07) is 6.18. The van der Waals surface area contributed by atoms with Crippen molar-refractivity contribution in [1.82, 2.24) is 29.5 Å². The second-order valence-electron chi connectivity index (χ2n) is 6.45. The highest BCUT2D eigenvalue weighted by Crippen LogP contribution is 2.23. The molecule has 2 fully saturated rings. The number of carbonyl (C=O) groups excluding carboxylic acids is 1. The first kappa shape index (κ1) is 16.5. The molecule has 2 aromatic rings. The minimum absolute atomic E-state index is 0.0116. The van der Waals surface area contributed by atoms with Crippen molar-refractivity contribution in [2.24, 2.45) is 0 Å². The zero-order valence-corrected chi connectivity index (χ0v) is 14.9. The molecule has 0 aromatic carbocycles. The largest absolute Gasteiger partial charge is 0.336 e. The van der Waals surface area contributed by atoms with Gasteiger partial charge in [-0.05, 0) is 30.7 Å². The van der Waals surface area contributed by atoms with Gasteiger partial charge in [0, 0.05) is 38.0 Å². The van der Waals surface area contributed by atoms with Crippen LogP contribution >= 0.6 is 11.8 Å². The number of amides is 1. The molecule has 0 aliphatic carbocycles. The first-order valence-electron chi connectivity index (χ1n) is 8.74. The summed E-state index contributed by atoms with van der Waals surface area (Å²) >= 11 is 2.04. The van der Waals surface area contributed by atoms with Gasteiger partial charge in [0.15, 0.2) is 0 Å². The van der Waals surface area contributed by atoms with E-state index in [1.807, 2.05) is 28.8 Å². The molecule has 2 aromatic heterocycles. The van der Waals surface area contributed by atoms with Crippen LogP contribution in [0, 0.1) is 0 Å². The van der Waals surface area contributed by atoms with E-state index in [4.69, 9.17) is 0 Å². The Bertz CT molecular complexity index is 716. The molecule has 0 N–H and O–H groups in total. The minimum atomic E-state index is 0.0116. The second-order valence-corrected chi connectivity index (χ2v) is 7.60. The van der Waals surface area contributed by atoms with Gasteiger partial charge in [-0.2, -0.15) is 11.8 Å². The van der Waals surface area contributed by atoms with Crippen LogP contribution in [0.25, 0.3) is 5.82 Å². The van der Waals surface area contributed by atoms with E-state index in [-0.39, 0.29) is 5.91 Å². The highest BCUT2D eigenvalue weighted by molar-refractivity contribution is 7.99. The number of thioether (sulfide) groups is 1. The van der Waals surface area contributed by atoms with Gasteiger partial charge < -0.3 is 4.90 Å². The van der Waals surface area contributed by atoms with Crippen LogP contribution in [0.2, 0.25) is 0 Å². The van der Waals surface area contributed by atoms with Gasteiger partial charge in [-0.25, -0.2) is 4.98 Å². The third kappa shape index (κ3) is 3.69. The summed E-state index contributed by atoms with van der Waals surface area (Å²) in [5, 5.41) is 7.58. The van der Waals surface area contributed by atoms with Gasteiger partial charge in [-0.15, -0.1) is 10.2 Å². The lowest BCUT2D eigenvalue weighted by Crippen LogP contribution is -2.39. The molecule has 0 radical (unpaired) electrons. The zero-order valence-electron chi connectivity index (χ0n) is 14.1. The molecule has 132 valence electrons. The number of rotatable bonds is 3. The fraction of sp³-hybridized carbons (Fsp3) is 0.529. The van der Waals surface area contributed by atoms with E-state index in [2.05, 4.69) is 20.1 Å². The molecule has 4 rings (SSSR count). The Kier molecular flexibility index (Phi) is 4.98. The maximum absolute atomic E-state index is 12.9. The van der Waals surface area contributed by atoms with Crippen molar-refractivity contribution in [2.45, 2.75) is 18.9 Å². The molecule has 1 atom stereocenters. The van der Waals surface area contributed by atoms with E-state index in [1.54, 1.807) is 23.3 Å². The summed E-state index contributed by atoms with van der Waals surface area (Å²) in [6.45, 7) is 3.62. The van der Waals surface area contributed by atoms with Crippen molar-refractivity contribution in [3.8, 4) is 5.82 Å². The van der Waals surface area contributed by atoms with Gasteiger partial charge in [0.25, 0.3) is 5.91 Å². The normalized spacial score (nSPS) is 22.1. The summed E-state index contributed by atoms with van der Waals surface area (Å²) in [5.41, 5.74) is 0.482. The summed E-state index contributed by atoms with van der Waals surface area (Å²) in [4.78, 5) is 21.9. The Morgan fingerprint density at radius 2 is 2.00 bits per heavy atom. The van der Waals surface area contributed by atoms with Gasteiger partial charge in [-0.1, -0.05) is 6.07 Å². The standard InChI is InChI=1S/C17H22N6OS/c24-17(15-3-1-4-16(20-15)23-12-18-19-13-23)22-7-2-6-21(8-9-22)14-5-10-25-11-14/h1,3-4,12-14H,2,5-11H2. The maximum Gasteiger partial charge on any atom is 0.272 e. The molecule has 0 spiro atoms. The molecule has 0 saturated carbocycles. The molecule has 7 nitrogen and oxygen atoms in total. The number of pyridine rings is 1. The highest BCUT2D eigenvalue weighted by Gasteiger charge is 2.27. The molecular weight excluding hydrogens is 336 g/mol. The van der Waals surface area contributed by atoms with Crippen LogP contribution in [0.1, 0.15) is 23.3 Å².